The quantitative estimate of drug-likeness (QED) is 0.820. The van der Waals surface area contributed by atoms with Gasteiger partial charge < -0.3 is 4.90 Å². The van der Waals surface area contributed by atoms with E-state index in [1.54, 1.807) is 17.0 Å². The fourth-order valence-electron chi connectivity index (χ4n) is 3.02. The van der Waals surface area contributed by atoms with Gasteiger partial charge >= 0.3 is 0 Å². The first-order valence-electron chi connectivity index (χ1n) is 8.01. The molecular formula is C18H18F2N2O3S. The third-order valence-corrected chi connectivity index (χ3v) is 6.24. The molecule has 5 nitrogen and oxygen atoms in total. The van der Waals surface area contributed by atoms with Crippen LogP contribution in [0.5, 0.6) is 0 Å². The van der Waals surface area contributed by atoms with Crippen molar-refractivity contribution in [2.75, 3.05) is 18.5 Å². The fourth-order valence-corrected chi connectivity index (χ4v) is 4.22. The van der Waals surface area contributed by atoms with Crippen molar-refractivity contribution in [3.8, 4) is 0 Å². The molecule has 0 spiro atoms. The third-order valence-electron chi connectivity index (χ3n) is 4.44. The summed E-state index contributed by atoms with van der Waals surface area (Å²) in [7, 11) is -2.51. The third kappa shape index (κ3) is 3.34. The molecule has 0 N–H and O–H groups in total. The molecule has 3 rings (SSSR count). The van der Waals surface area contributed by atoms with Gasteiger partial charge in [0.25, 0.3) is 0 Å². The van der Waals surface area contributed by atoms with Crippen molar-refractivity contribution in [3.05, 3.63) is 59.2 Å². The molecular weight excluding hydrogens is 362 g/mol. The van der Waals surface area contributed by atoms with Crippen LogP contribution in [0.4, 0.5) is 14.5 Å². The highest BCUT2D eigenvalue weighted by atomic mass is 32.2. The molecule has 1 heterocycles. The normalized spacial score (nSPS) is 14.0. The van der Waals surface area contributed by atoms with Crippen LogP contribution in [-0.2, 0) is 27.8 Å². The zero-order chi connectivity index (χ0) is 19.1. The average molecular weight is 380 g/mol. The zero-order valence-corrected chi connectivity index (χ0v) is 15.2. The van der Waals surface area contributed by atoms with E-state index < -0.39 is 21.7 Å². The Labute approximate surface area is 150 Å². The first-order valence-corrected chi connectivity index (χ1v) is 9.45. The number of sulfonamides is 1. The molecule has 0 aromatic heterocycles. The van der Waals surface area contributed by atoms with Crippen molar-refractivity contribution < 1.29 is 22.0 Å². The van der Waals surface area contributed by atoms with E-state index in [9.17, 15) is 22.0 Å². The van der Waals surface area contributed by atoms with Gasteiger partial charge in [0.2, 0.25) is 15.9 Å². The first kappa shape index (κ1) is 18.5. The van der Waals surface area contributed by atoms with Crippen LogP contribution in [0.3, 0.4) is 0 Å². The molecule has 2 aromatic carbocycles. The second kappa shape index (κ2) is 6.77. The van der Waals surface area contributed by atoms with Crippen LogP contribution < -0.4 is 4.90 Å². The van der Waals surface area contributed by atoms with Gasteiger partial charge in [-0.1, -0.05) is 6.07 Å². The second-order valence-electron chi connectivity index (χ2n) is 6.21. The molecule has 0 saturated carbocycles. The number of anilines is 1. The number of carbonyl (C=O) groups excluding carboxylic acids is 1. The summed E-state index contributed by atoms with van der Waals surface area (Å²) in [5.74, 6) is -1.60. The average Bonchev–Trinajstić information content (AvgIpc) is 3.00. The SMILES string of the molecule is CC(=O)N1CCc2cc(S(=O)(=O)N(C)Cc3ccc(F)cc3F)ccc21. The lowest BCUT2D eigenvalue weighted by Gasteiger charge is -2.19. The second-order valence-corrected chi connectivity index (χ2v) is 8.25. The van der Waals surface area contributed by atoms with Crippen molar-refractivity contribution >= 4 is 21.6 Å². The minimum absolute atomic E-state index is 0.0756. The molecule has 0 atom stereocenters. The highest BCUT2D eigenvalue weighted by Crippen LogP contribution is 2.31. The molecule has 0 fully saturated rings. The maximum atomic E-state index is 13.8. The molecule has 8 heteroatoms. The molecule has 1 amide bonds. The summed E-state index contributed by atoms with van der Waals surface area (Å²) in [6, 6.07) is 7.64. The lowest BCUT2D eigenvalue weighted by atomic mass is 10.2. The molecule has 1 aliphatic rings. The number of carbonyl (C=O) groups is 1. The van der Waals surface area contributed by atoms with Crippen molar-refractivity contribution in [3.63, 3.8) is 0 Å². The lowest BCUT2D eigenvalue weighted by molar-refractivity contribution is -0.116. The Kier molecular flexibility index (Phi) is 4.81. The summed E-state index contributed by atoms with van der Waals surface area (Å²) in [5.41, 5.74) is 1.58. The monoisotopic (exact) mass is 380 g/mol. The number of nitrogens with zero attached hydrogens (tertiary/aromatic N) is 2. The number of hydrogen-bond acceptors (Lipinski definition) is 3. The Morgan fingerprint density at radius 2 is 1.92 bits per heavy atom. The molecule has 0 unspecified atom stereocenters. The van der Waals surface area contributed by atoms with Gasteiger partial charge in [-0.25, -0.2) is 17.2 Å². The van der Waals surface area contributed by atoms with E-state index >= 15 is 0 Å². The van der Waals surface area contributed by atoms with Crippen LogP contribution in [0.1, 0.15) is 18.1 Å². The van der Waals surface area contributed by atoms with Gasteiger partial charge in [-0.05, 0) is 36.2 Å². The summed E-state index contributed by atoms with van der Waals surface area (Å²) < 4.78 is 53.4. The molecule has 0 saturated heterocycles. The van der Waals surface area contributed by atoms with E-state index in [4.69, 9.17) is 0 Å². The minimum atomic E-state index is -3.85. The largest absolute Gasteiger partial charge is 0.312 e. The Balaban J connectivity index is 1.87. The summed E-state index contributed by atoms with van der Waals surface area (Å²) >= 11 is 0. The summed E-state index contributed by atoms with van der Waals surface area (Å²) in [5, 5.41) is 0. The number of benzene rings is 2. The predicted octanol–water partition coefficient (Wildman–Crippen LogP) is 2.69. The van der Waals surface area contributed by atoms with Crippen LogP contribution in [0.25, 0.3) is 0 Å². The van der Waals surface area contributed by atoms with Crippen LogP contribution in [-0.4, -0.2) is 32.2 Å². The van der Waals surface area contributed by atoms with Crippen molar-refractivity contribution in [1.29, 1.82) is 0 Å². The van der Waals surface area contributed by atoms with E-state index in [-0.39, 0.29) is 22.9 Å². The molecule has 0 bridgehead atoms. The van der Waals surface area contributed by atoms with Gasteiger partial charge in [0, 0.05) is 44.4 Å². The topological polar surface area (TPSA) is 57.7 Å². The number of halogens is 2. The van der Waals surface area contributed by atoms with Crippen molar-refractivity contribution in [2.24, 2.45) is 0 Å². The number of hydrogen-bond donors (Lipinski definition) is 0. The lowest BCUT2D eigenvalue weighted by Crippen LogP contribution is -2.27. The van der Waals surface area contributed by atoms with Gasteiger partial charge in [-0.15, -0.1) is 0 Å². The predicted molar refractivity (Wildman–Crippen MR) is 93.2 cm³/mol. The van der Waals surface area contributed by atoms with E-state index in [1.165, 1.54) is 26.1 Å². The van der Waals surface area contributed by atoms with Gasteiger partial charge in [0.15, 0.2) is 0 Å². The molecule has 1 aliphatic heterocycles. The highest BCUT2D eigenvalue weighted by molar-refractivity contribution is 7.89. The van der Waals surface area contributed by atoms with E-state index in [0.717, 1.165) is 22.0 Å². The van der Waals surface area contributed by atoms with Crippen molar-refractivity contribution in [2.45, 2.75) is 24.8 Å². The molecule has 26 heavy (non-hydrogen) atoms. The molecule has 0 aliphatic carbocycles. The molecule has 2 aromatic rings. The maximum Gasteiger partial charge on any atom is 0.243 e. The standard InChI is InChI=1S/C18H18F2N2O3S/c1-12(23)22-8-7-13-9-16(5-6-18(13)22)26(24,25)21(2)11-14-3-4-15(19)10-17(14)20/h3-6,9-10H,7-8,11H2,1-2H3. The molecule has 0 radical (unpaired) electrons. The maximum absolute atomic E-state index is 13.8. The van der Waals surface area contributed by atoms with Crippen LogP contribution in [0, 0.1) is 11.6 Å². The Morgan fingerprint density at radius 3 is 2.58 bits per heavy atom. The smallest absolute Gasteiger partial charge is 0.243 e. The van der Waals surface area contributed by atoms with Gasteiger partial charge in [-0.2, -0.15) is 4.31 Å². The van der Waals surface area contributed by atoms with E-state index in [1.807, 2.05) is 0 Å². The van der Waals surface area contributed by atoms with Crippen LogP contribution >= 0.6 is 0 Å². The zero-order valence-electron chi connectivity index (χ0n) is 14.4. The Hall–Kier alpha value is -2.32. The van der Waals surface area contributed by atoms with Crippen molar-refractivity contribution in [1.82, 2.24) is 4.31 Å². The van der Waals surface area contributed by atoms with Gasteiger partial charge in [0.1, 0.15) is 11.6 Å². The first-order chi connectivity index (χ1) is 12.2. The van der Waals surface area contributed by atoms with E-state index in [0.29, 0.717) is 18.7 Å². The van der Waals surface area contributed by atoms with Crippen LogP contribution in [0.15, 0.2) is 41.3 Å². The minimum Gasteiger partial charge on any atom is -0.312 e. The Morgan fingerprint density at radius 1 is 1.19 bits per heavy atom. The number of fused-ring (bicyclic) bond motifs is 1. The summed E-state index contributed by atoms with van der Waals surface area (Å²) in [6.07, 6.45) is 0.578. The van der Waals surface area contributed by atoms with Gasteiger partial charge in [-0.3, -0.25) is 4.79 Å². The summed E-state index contributed by atoms with van der Waals surface area (Å²) in [6.45, 7) is 1.76. The molecule has 138 valence electrons. The Bertz CT molecular complexity index is 976. The van der Waals surface area contributed by atoms with Crippen LogP contribution in [0.2, 0.25) is 0 Å². The number of rotatable bonds is 4. The number of amides is 1. The summed E-state index contributed by atoms with van der Waals surface area (Å²) in [4.78, 5) is 13.3. The van der Waals surface area contributed by atoms with E-state index in [2.05, 4.69) is 0 Å². The van der Waals surface area contributed by atoms with Gasteiger partial charge in [0.05, 0.1) is 4.90 Å². The highest BCUT2D eigenvalue weighted by Gasteiger charge is 2.27. The fraction of sp³-hybridized carbons (Fsp3) is 0.278.